The first-order valence-corrected chi connectivity index (χ1v) is 9.78. The molecule has 2 atom stereocenters. The third kappa shape index (κ3) is 3.03. The van der Waals surface area contributed by atoms with Gasteiger partial charge >= 0.3 is 5.97 Å². The van der Waals surface area contributed by atoms with Gasteiger partial charge in [0.2, 0.25) is 0 Å². The molecule has 1 fully saturated rings. The smallest absolute Gasteiger partial charge is 0.314 e. The molecule has 2 aromatic carbocycles. The molecular weight excluding hydrogens is 357 g/mol. The topological polar surface area (TPSA) is 58.6 Å². The summed E-state index contributed by atoms with van der Waals surface area (Å²) in [4.78, 5) is 12.3. The monoisotopic (exact) mass is 383 g/mol. The molecule has 0 aromatic heterocycles. The highest BCUT2D eigenvalue weighted by Crippen LogP contribution is 2.50. The average molecular weight is 383 g/mol. The molecule has 1 saturated carbocycles. The Labute approximate surface area is 164 Å². The summed E-state index contributed by atoms with van der Waals surface area (Å²) < 4.78 is 20.1. The second-order valence-corrected chi connectivity index (χ2v) is 8.71. The number of aliphatic carboxylic acids is 1. The van der Waals surface area contributed by atoms with E-state index in [-0.39, 0.29) is 17.3 Å². The van der Waals surface area contributed by atoms with Gasteiger partial charge in [-0.15, -0.1) is 0 Å². The maximum atomic E-state index is 14.1. The van der Waals surface area contributed by atoms with Crippen molar-refractivity contribution in [2.45, 2.75) is 57.0 Å². The van der Waals surface area contributed by atoms with Gasteiger partial charge in [-0.25, -0.2) is 4.39 Å². The zero-order valence-electron chi connectivity index (χ0n) is 16.5. The highest BCUT2D eigenvalue weighted by molar-refractivity contribution is 5.82. The molecule has 4 nitrogen and oxygen atoms in total. The number of hydrogen-bond acceptors (Lipinski definition) is 3. The second kappa shape index (κ2) is 6.50. The van der Waals surface area contributed by atoms with Gasteiger partial charge < -0.3 is 15.2 Å². The number of hydrogen-bond donors (Lipinski definition) is 2. The van der Waals surface area contributed by atoms with Crippen LogP contribution in [-0.2, 0) is 10.2 Å². The van der Waals surface area contributed by atoms with Crippen LogP contribution < -0.4 is 10.1 Å². The summed E-state index contributed by atoms with van der Waals surface area (Å²) in [5.74, 6) is -0.284. The molecule has 1 aliphatic heterocycles. The summed E-state index contributed by atoms with van der Waals surface area (Å²) >= 11 is 0. The maximum absolute atomic E-state index is 14.1. The molecule has 0 bridgehead atoms. The van der Waals surface area contributed by atoms with Crippen molar-refractivity contribution < 1.29 is 19.0 Å². The second-order valence-electron chi connectivity index (χ2n) is 8.71. The van der Waals surface area contributed by atoms with Crippen LogP contribution in [0.25, 0.3) is 0 Å². The fourth-order valence-corrected chi connectivity index (χ4v) is 4.68. The average Bonchev–Trinajstić information content (AvgIpc) is 3.09. The summed E-state index contributed by atoms with van der Waals surface area (Å²) in [5, 5.41) is 13.5. The third-order valence-corrected chi connectivity index (χ3v) is 6.27. The lowest BCUT2D eigenvalue weighted by molar-refractivity contribution is -0.143. The maximum Gasteiger partial charge on any atom is 0.314 e. The Kier molecular flexibility index (Phi) is 4.36. The minimum absolute atomic E-state index is 0.112. The molecule has 0 amide bonds. The van der Waals surface area contributed by atoms with Gasteiger partial charge in [-0.3, -0.25) is 4.79 Å². The fraction of sp³-hybridized carbons (Fsp3) is 0.435. The van der Waals surface area contributed by atoms with Gasteiger partial charge in [0.05, 0.1) is 17.6 Å². The molecule has 2 N–H and O–H groups in total. The Hall–Kier alpha value is -2.56. The van der Waals surface area contributed by atoms with E-state index in [4.69, 9.17) is 4.74 Å². The third-order valence-electron chi connectivity index (χ3n) is 6.27. The van der Waals surface area contributed by atoms with Crippen LogP contribution in [0.4, 0.5) is 10.1 Å². The van der Waals surface area contributed by atoms with Crippen LogP contribution in [0, 0.1) is 12.7 Å². The standard InChI is InChI=1S/C23H26FNO3/c1-14-17(5-4-6-18(14)24)23(21(26)27)10-9-16(12-23)15-7-8-20-19(11-15)25-13-22(2,3)28-20/h4-8,11,16,25H,9-10,12-13H2,1-3H3,(H,26,27)/t16?,23-/m0/s1. The molecule has 5 heteroatoms. The Morgan fingerprint density at radius 3 is 2.82 bits per heavy atom. The van der Waals surface area contributed by atoms with Crippen LogP contribution in [0.15, 0.2) is 36.4 Å². The number of nitrogens with one attached hydrogen (secondary N) is 1. The zero-order valence-corrected chi connectivity index (χ0v) is 16.5. The van der Waals surface area contributed by atoms with Gasteiger partial charge in [0.15, 0.2) is 0 Å². The van der Waals surface area contributed by atoms with E-state index < -0.39 is 11.4 Å². The molecule has 0 radical (unpaired) electrons. The van der Waals surface area contributed by atoms with Crippen LogP contribution >= 0.6 is 0 Å². The summed E-state index contributed by atoms with van der Waals surface area (Å²) in [6.45, 7) is 6.47. The molecule has 1 aliphatic carbocycles. The van der Waals surface area contributed by atoms with E-state index in [1.54, 1.807) is 19.1 Å². The molecule has 4 rings (SSSR count). The molecule has 2 aliphatic rings. The lowest BCUT2D eigenvalue weighted by Gasteiger charge is -2.34. The summed E-state index contributed by atoms with van der Waals surface area (Å²) in [5.41, 5.74) is 1.80. The van der Waals surface area contributed by atoms with Crippen molar-refractivity contribution >= 4 is 11.7 Å². The van der Waals surface area contributed by atoms with Gasteiger partial charge in [0, 0.05) is 0 Å². The van der Waals surface area contributed by atoms with Crippen molar-refractivity contribution in [3.05, 3.63) is 58.9 Å². The van der Waals surface area contributed by atoms with Crippen molar-refractivity contribution in [1.29, 1.82) is 0 Å². The van der Waals surface area contributed by atoms with Gasteiger partial charge in [-0.2, -0.15) is 0 Å². The van der Waals surface area contributed by atoms with E-state index in [1.165, 1.54) is 6.07 Å². The molecule has 0 saturated heterocycles. The Bertz CT molecular complexity index is 939. The minimum Gasteiger partial charge on any atom is -0.484 e. The molecule has 1 unspecified atom stereocenters. The number of carboxylic acids is 1. The van der Waals surface area contributed by atoms with Gasteiger partial charge in [0.25, 0.3) is 0 Å². The molecule has 0 spiro atoms. The van der Waals surface area contributed by atoms with Gasteiger partial charge in [-0.05, 0) is 80.8 Å². The highest BCUT2D eigenvalue weighted by Gasteiger charge is 2.48. The van der Waals surface area contributed by atoms with Crippen LogP contribution in [0.5, 0.6) is 5.75 Å². The first-order chi connectivity index (χ1) is 13.2. The Balaban J connectivity index is 1.66. The first-order valence-electron chi connectivity index (χ1n) is 9.78. The number of ether oxygens (including phenoxy) is 1. The normalized spacial score (nSPS) is 25.5. The van der Waals surface area contributed by atoms with Crippen molar-refractivity contribution in [2.24, 2.45) is 0 Å². The van der Waals surface area contributed by atoms with Gasteiger partial charge in [0.1, 0.15) is 17.2 Å². The number of halogens is 1. The van der Waals surface area contributed by atoms with Crippen molar-refractivity contribution in [3.63, 3.8) is 0 Å². The summed E-state index contributed by atoms with van der Waals surface area (Å²) in [7, 11) is 0. The van der Waals surface area contributed by atoms with Crippen LogP contribution in [0.3, 0.4) is 0 Å². The van der Waals surface area contributed by atoms with Crippen molar-refractivity contribution in [3.8, 4) is 5.75 Å². The van der Waals surface area contributed by atoms with Gasteiger partial charge in [-0.1, -0.05) is 18.2 Å². The number of benzene rings is 2. The van der Waals surface area contributed by atoms with E-state index in [0.29, 0.717) is 24.0 Å². The molecular formula is C23H26FNO3. The Morgan fingerprint density at radius 1 is 1.29 bits per heavy atom. The molecule has 2 aromatic rings. The quantitative estimate of drug-likeness (QED) is 0.782. The largest absolute Gasteiger partial charge is 0.484 e. The fourth-order valence-electron chi connectivity index (χ4n) is 4.68. The van der Waals surface area contributed by atoms with Crippen molar-refractivity contribution in [1.82, 2.24) is 0 Å². The lowest BCUT2D eigenvalue weighted by atomic mass is 9.75. The number of carboxylic acid groups (broad SMARTS) is 1. The predicted octanol–water partition coefficient (Wildman–Crippen LogP) is 5.01. The molecule has 148 valence electrons. The van der Waals surface area contributed by atoms with E-state index >= 15 is 0 Å². The van der Waals surface area contributed by atoms with E-state index in [0.717, 1.165) is 30.0 Å². The van der Waals surface area contributed by atoms with Crippen LogP contribution in [0.2, 0.25) is 0 Å². The van der Waals surface area contributed by atoms with E-state index in [1.807, 2.05) is 26.0 Å². The molecule has 1 heterocycles. The van der Waals surface area contributed by atoms with E-state index in [9.17, 15) is 14.3 Å². The number of rotatable bonds is 3. The highest BCUT2D eigenvalue weighted by atomic mass is 19.1. The van der Waals surface area contributed by atoms with Crippen LogP contribution in [-0.4, -0.2) is 23.2 Å². The number of carbonyl (C=O) groups is 1. The lowest BCUT2D eigenvalue weighted by Crippen LogP contribution is -2.40. The zero-order chi connectivity index (χ0) is 20.1. The summed E-state index contributed by atoms with van der Waals surface area (Å²) in [6.07, 6.45) is 1.73. The predicted molar refractivity (Wildman–Crippen MR) is 107 cm³/mol. The summed E-state index contributed by atoms with van der Waals surface area (Å²) in [6, 6.07) is 10.8. The Morgan fingerprint density at radius 2 is 2.07 bits per heavy atom. The van der Waals surface area contributed by atoms with E-state index in [2.05, 4.69) is 11.4 Å². The first kappa shape index (κ1) is 18.8. The number of fused-ring (bicyclic) bond motifs is 1. The SMILES string of the molecule is Cc1c(F)cccc1[C@]1(C(=O)O)CCC(c2ccc3c(c2)NCC(C)(C)O3)C1. The van der Waals surface area contributed by atoms with Crippen molar-refractivity contribution in [2.75, 3.05) is 11.9 Å². The molecule has 28 heavy (non-hydrogen) atoms. The number of anilines is 1. The van der Waals surface area contributed by atoms with Crippen LogP contribution in [0.1, 0.15) is 55.7 Å². The minimum atomic E-state index is -1.04.